The Bertz CT molecular complexity index is 759. The number of hydrogen-bond acceptors (Lipinski definition) is 5. The maximum atomic E-state index is 12.5. The summed E-state index contributed by atoms with van der Waals surface area (Å²) in [6.07, 6.45) is 4.19. The molecule has 1 aromatic heterocycles. The van der Waals surface area contributed by atoms with Crippen molar-refractivity contribution in [3.05, 3.63) is 40.8 Å². The second kappa shape index (κ2) is 6.57. The summed E-state index contributed by atoms with van der Waals surface area (Å²) < 4.78 is 0. The number of benzene rings is 1. The lowest BCUT2D eigenvalue weighted by atomic mass is 10.1. The first-order valence-corrected chi connectivity index (χ1v) is 9.72. The van der Waals surface area contributed by atoms with Crippen molar-refractivity contribution in [2.75, 3.05) is 5.32 Å². The molecule has 5 nitrogen and oxygen atoms in total. The quantitative estimate of drug-likeness (QED) is 0.860. The summed E-state index contributed by atoms with van der Waals surface area (Å²) in [4.78, 5) is 30.1. The lowest BCUT2D eigenvalue weighted by Crippen LogP contribution is -2.36. The Hall–Kier alpha value is -1.86. The van der Waals surface area contributed by atoms with Gasteiger partial charge in [-0.3, -0.25) is 9.59 Å². The SMILES string of the molecule is O=C(CC1Sc2ccccc2NC1=O)NC(c1nccs1)C1CC1. The Morgan fingerprint density at radius 3 is 2.96 bits per heavy atom. The van der Waals surface area contributed by atoms with Gasteiger partial charge >= 0.3 is 0 Å². The highest BCUT2D eigenvalue weighted by Gasteiger charge is 2.36. The topological polar surface area (TPSA) is 71.1 Å². The lowest BCUT2D eigenvalue weighted by Gasteiger charge is -2.24. The summed E-state index contributed by atoms with van der Waals surface area (Å²) in [6.45, 7) is 0. The predicted molar refractivity (Wildman–Crippen MR) is 95.1 cm³/mol. The normalized spacial score (nSPS) is 20.8. The van der Waals surface area contributed by atoms with Crippen molar-refractivity contribution in [3.63, 3.8) is 0 Å². The number of anilines is 1. The third-order valence-electron chi connectivity index (χ3n) is 4.20. The number of para-hydroxylation sites is 1. The summed E-state index contributed by atoms with van der Waals surface area (Å²) in [7, 11) is 0. The number of hydrogen-bond donors (Lipinski definition) is 2. The molecular formula is C17H17N3O2S2. The molecule has 0 saturated heterocycles. The number of fused-ring (bicyclic) bond motifs is 1. The van der Waals surface area contributed by atoms with E-state index >= 15 is 0 Å². The highest BCUT2D eigenvalue weighted by molar-refractivity contribution is 8.01. The molecule has 2 aliphatic rings. The minimum atomic E-state index is -0.393. The van der Waals surface area contributed by atoms with Crippen LogP contribution in [0.5, 0.6) is 0 Å². The molecule has 1 aromatic carbocycles. The zero-order chi connectivity index (χ0) is 16.5. The van der Waals surface area contributed by atoms with Crippen LogP contribution >= 0.6 is 23.1 Å². The number of thiazole rings is 1. The molecule has 2 heterocycles. The van der Waals surface area contributed by atoms with Crippen molar-refractivity contribution in [2.45, 2.75) is 35.4 Å². The van der Waals surface area contributed by atoms with Crippen LogP contribution in [0.3, 0.4) is 0 Å². The van der Waals surface area contributed by atoms with Gasteiger partial charge in [0, 0.05) is 22.9 Å². The van der Waals surface area contributed by atoms with Crippen LogP contribution in [-0.2, 0) is 9.59 Å². The summed E-state index contributed by atoms with van der Waals surface area (Å²) in [5, 5.41) is 8.46. The number of carbonyl (C=O) groups is 2. The number of thioether (sulfide) groups is 1. The van der Waals surface area contributed by atoms with Crippen LogP contribution in [0.2, 0.25) is 0 Å². The molecule has 1 aliphatic carbocycles. The van der Waals surface area contributed by atoms with Crippen LogP contribution in [0.1, 0.15) is 30.3 Å². The van der Waals surface area contributed by atoms with Gasteiger partial charge in [-0.1, -0.05) is 12.1 Å². The summed E-state index contributed by atoms with van der Waals surface area (Å²) in [5.74, 6) is 0.286. The van der Waals surface area contributed by atoms with Gasteiger partial charge in [0.05, 0.1) is 17.0 Å². The average Bonchev–Trinajstić information content (AvgIpc) is 3.27. The van der Waals surface area contributed by atoms with Crippen molar-refractivity contribution in [1.82, 2.24) is 10.3 Å². The van der Waals surface area contributed by atoms with E-state index in [1.165, 1.54) is 11.8 Å². The minimum Gasteiger partial charge on any atom is -0.347 e. The highest BCUT2D eigenvalue weighted by Crippen LogP contribution is 2.42. The van der Waals surface area contributed by atoms with E-state index in [0.717, 1.165) is 28.4 Å². The summed E-state index contributed by atoms with van der Waals surface area (Å²) in [5.41, 5.74) is 0.822. The van der Waals surface area contributed by atoms with Gasteiger partial charge in [-0.15, -0.1) is 23.1 Å². The third-order valence-corrected chi connectivity index (χ3v) is 6.34. The molecule has 2 amide bonds. The van der Waals surface area contributed by atoms with E-state index in [1.54, 1.807) is 17.5 Å². The first-order valence-electron chi connectivity index (χ1n) is 7.96. The van der Waals surface area contributed by atoms with E-state index in [0.29, 0.717) is 5.92 Å². The van der Waals surface area contributed by atoms with Crippen molar-refractivity contribution in [1.29, 1.82) is 0 Å². The van der Waals surface area contributed by atoms with Gasteiger partial charge in [-0.05, 0) is 30.9 Å². The smallest absolute Gasteiger partial charge is 0.238 e. The predicted octanol–water partition coefficient (Wildman–Crippen LogP) is 3.21. The Labute approximate surface area is 148 Å². The van der Waals surface area contributed by atoms with Crippen LogP contribution < -0.4 is 10.6 Å². The summed E-state index contributed by atoms with van der Waals surface area (Å²) in [6, 6.07) is 7.66. The van der Waals surface area contributed by atoms with Crippen LogP contribution in [0.15, 0.2) is 40.7 Å². The lowest BCUT2D eigenvalue weighted by molar-refractivity contribution is -0.124. The molecule has 1 saturated carbocycles. The van der Waals surface area contributed by atoms with Crippen molar-refractivity contribution < 1.29 is 9.59 Å². The first kappa shape index (κ1) is 15.7. The van der Waals surface area contributed by atoms with Gasteiger partial charge < -0.3 is 10.6 Å². The number of rotatable bonds is 5. The minimum absolute atomic E-state index is 0.0126. The molecule has 0 radical (unpaired) electrons. The molecular weight excluding hydrogens is 342 g/mol. The van der Waals surface area contributed by atoms with E-state index in [9.17, 15) is 9.59 Å². The van der Waals surface area contributed by atoms with Gasteiger partial charge in [-0.2, -0.15) is 0 Å². The maximum absolute atomic E-state index is 12.5. The van der Waals surface area contributed by atoms with E-state index in [4.69, 9.17) is 0 Å². The zero-order valence-corrected chi connectivity index (χ0v) is 14.5. The fourth-order valence-electron chi connectivity index (χ4n) is 2.83. The zero-order valence-electron chi connectivity index (χ0n) is 12.9. The molecule has 0 bridgehead atoms. The number of amides is 2. The first-order chi connectivity index (χ1) is 11.7. The van der Waals surface area contributed by atoms with Gasteiger partial charge in [0.2, 0.25) is 11.8 Å². The molecule has 2 aromatic rings. The molecule has 0 spiro atoms. The number of carbonyl (C=O) groups excluding carboxylic acids is 2. The second-order valence-corrected chi connectivity index (χ2v) is 8.22. The molecule has 1 aliphatic heterocycles. The Balaban J connectivity index is 1.42. The van der Waals surface area contributed by atoms with Crippen LogP contribution in [0, 0.1) is 5.92 Å². The van der Waals surface area contributed by atoms with Crippen molar-refractivity contribution >= 4 is 40.6 Å². The molecule has 7 heteroatoms. The summed E-state index contributed by atoms with van der Waals surface area (Å²) >= 11 is 3.02. The van der Waals surface area contributed by atoms with Crippen LogP contribution in [0.4, 0.5) is 5.69 Å². The van der Waals surface area contributed by atoms with Crippen molar-refractivity contribution in [2.24, 2.45) is 5.92 Å². The largest absolute Gasteiger partial charge is 0.347 e. The van der Waals surface area contributed by atoms with Gasteiger partial charge in [0.1, 0.15) is 5.01 Å². The number of aromatic nitrogens is 1. The molecule has 124 valence electrons. The molecule has 2 N–H and O–H groups in total. The highest BCUT2D eigenvalue weighted by atomic mass is 32.2. The maximum Gasteiger partial charge on any atom is 0.238 e. The van der Waals surface area contributed by atoms with Gasteiger partial charge in [0.25, 0.3) is 0 Å². The van der Waals surface area contributed by atoms with Crippen molar-refractivity contribution in [3.8, 4) is 0 Å². The van der Waals surface area contributed by atoms with E-state index < -0.39 is 5.25 Å². The molecule has 2 atom stereocenters. The standard InChI is InChI=1S/C17H17N3O2S2/c21-14(20-15(10-5-6-10)17-18-7-8-23-17)9-13-16(22)19-11-3-1-2-4-12(11)24-13/h1-4,7-8,10,13,15H,5-6,9H2,(H,19,22)(H,20,21). The van der Waals surface area contributed by atoms with Crippen LogP contribution in [0.25, 0.3) is 0 Å². The fraction of sp³-hybridized carbons (Fsp3) is 0.353. The Kier molecular flexibility index (Phi) is 4.28. The second-order valence-electron chi connectivity index (χ2n) is 6.05. The average molecular weight is 359 g/mol. The molecule has 24 heavy (non-hydrogen) atoms. The molecule has 1 fully saturated rings. The van der Waals surface area contributed by atoms with E-state index in [1.807, 2.05) is 29.6 Å². The van der Waals surface area contributed by atoms with Gasteiger partial charge in [0.15, 0.2) is 0 Å². The van der Waals surface area contributed by atoms with Gasteiger partial charge in [-0.25, -0.2) is 4.98 Å². The fourth-order valence-corrected chi connectivity index (χ4v) is 4.72. The Morgan fingerprint density at radius 2 is 2.21 bits per heavy atom. The Morgan fingerprint density at radius 1 is 1.38 bits per heavy atom. The molecule has 4 rings (SSSR count). The monoisotopic (exact) mass is 359 g/mol. The number of nitrogens with one attached hydrogen (secondary N) is 2. The molecule has 2 unspecified atom stereocenters. The van der Waals surface area contributed by atoms with E-state index in [2.05, 4.69) is 15.6 Å². The van der Waals surface area contributed by atoms with Crippen LogP contribution in [-0.4, -0.2) is 22.0 Å². The number of nitrogens with zero attached hydrogens (tertiary/aromatic N) is 1. The van der Waals surface area contributed by atoms with E-state index in [-0.39, 0.29) is 24.3 Å². The third kappa shape index (κ3) is 3.32.